The van der Waals surface area contributed by atoms with Crippen LogP contribution in [-0.2, 0) is 0 Å². The van der Waals surface area contributed by atoms with Crippen molar-refractivity contribution in [2.24, 2.45) is 0 Å². The molecule has 0 bridgehead atoms. The Morgan fingerprint density at radius 1 is 0.950 bits per heavy atom. The molecule has 0 aromatic heterocycles. The second-order valence-corrected chi connectivity index (χ2v) is 6.10. The maximum Gasteiger partial charge on any atom is 0.160 e. The zero-order valence-electron chi connectivity index (χ0n) is 11.9. The number of unbranched alkanes of at least 4 members (excludes halogenated alkanes) is 6. The monoisotopic (exact) mass is 322 g/mol. The Hall–Kier alpha value is -0.340. The molecule has 0 aliphatic heterocycles. The molecule has 1 aromatic carbocycles. The Kier molecular flexibility index (Phi) is 8.47. The van der Waals surface area contributed by atoms with Gasteiger partial charge in [-0.2, -0.15) is 0 Å². The summed E-state index contributed by atoms with van der Waals surface area (Å²) in [4.78, 5) is 0. The smallest absolute Gasteiger partial charge is 0.160 e. The molecule has 1 rings (SSSR count). The molecular weight excluding hydrogens is 301 g/mol. The van der Waals surface area contributed by atoms with Gasteiger partial charge in [0.2, 0.25) is 0 Å². The van der Waals surface area contributed by atoms with Gasteiger partial charge in [0.1, 0.15) is 0 Å². The summed E-state index contributed by atoms with van der Waals surface area (Å²) in [5, 5.41) is -0.153. The van der Waals surface area contributed by atoms with Crippen LogP contribution in [-0.4, -0.2) is 0 Å². The van der Waals surface area contributed by atoms with E-state index >= 15 is 0 Å². The molecule has 0 aliphatic carbocycles. The second-order valence-electron chi connectivity index (χ2n) is 5.17. The van der Waals surface area contributed by atoms with Gasteiger partial charge in [0.25, 0.3) is 0 Å². The van der Waals surface area contributed by atoms with Crippen molar-refractivity contribution >= 4 is 23.2 Å². The average Bonchev–Trinajstić information content (AvgIpc) is 2.41. The van der Waals surface area contributed by atoms with Crippen LogP contribution in [0, 0.1) is 11.6 Å². The highest BCUT2D eigenvalue weighted by Gasteiger charge is 2.15. The first-order valence-corrected chi connectivity index (χ1v) is 8.16. The minimum atomic E-state index is -0.932. The topological polar surface area (TPSA) is 0 Å². The summed E-state index contributed by atoms with van der Waals surface area (Å²) in [5.74, 6) is -1.83. The van der Waals surface area contributed by atoms with Crippen LogP contribution in [0.2, 0.25) is 5.02 Å². The first-order valence-electron chi connectivity index (χ1n) is 7.34. The van der Waals surface area contributed by atoms with Crippen LogP contribution in [0.1, 0.15) is 69.2 Å². The normalized spacial score (nSPS) is 12.7. The molecule has 0 fully saturated rings. The van der Waals surface area contributed by atoms with Gasteiger partial charge >= 0.3 is 0 Å². The Morgan fingerprint density at radius 2 is 1.50 bits per heavy atom. The van der Waals surface area contributed by atoms with Gasteiger partial charge in [0.15, 0.2) is 11.6 Å². The fraction of sp³-hybridized carbons (Fsp3) is 0.625. The lowest BCUT2D eigenvalue weighted by Gasteiger charge is -2.12. The van der Waals surface area contributed by atoms with Crippen molar-refractivity contribution in [2.75, 3.05) is 0 Å². The molecule has 0 N–H and O–H groups in total. The molecule has 20 heavy (non-hydrogen) atoms. The molecule has 1 aromatic rings. The van der Waals surface area contributed by atoms with Crippen molar-refractivity contribution in [3.8, 4) is 0 Å². The van der Waals surface area contributed by atoms with E-state index < -0.39 is 11.6 Å². The molecule has 0 amide bonds. The van der Waals surface area contributed by atoms with E-state index in [-0.39, 0.29) is 10.4 Å². The van der Waals surface area contributed by atoms with E-state index in [0.29, 0.717) is 5.56 Å². The van der Waals surface area contributed by atoms with Crippen LogP contribution in [0.5, 0.6) is 0 Å². The predicted molar refractivity (Wildman–Crippen MR) is 82.6 cm³/mol. The third-order valence-corrected chi connectivity index (χ3v) is 4.22. The molecule has 4 heteroatoms. The Labute approximate surface area is 130 Å². The maximum atomic E-state index is 13.2. The van der Waals surface area contributed by atoms with Crippen molar-refractivity contribution in [3.05, 3.63) is 34.4 Å². The summed E-state index contributed by atoms with van der Waals surface area (Å²) in [6.07, 6.45) is 9.13. The largest absolute Gasteiger partial charge is 0.204 e. The number of rotatable bonds is 9. The van der Waals surface area contributed by atoms with Crippen molar-refractivity contribution in [2.45, 2.75) is 63.7 Å². The summed E-state index contributed by atoms with van der Waals surface area (Å²) in [6, 6.07) is 2.10. The maximum absolute atomic E-state index is 13.2. The van der Waals surface area contributed by atoms with E-state index in [1.54, 1.807) is 0 Å². The third-order valence-electron chi connectivity index (χ3n) is 3.44. The van der Waals surface area contributed by atoms with Crippen LogP contribution in [0.25, 0.3) is 0 Å². The fourth-order valence-corrected chi connectivity index (χ4v) is 2.89. The summed E-state index contributed by atoms with van der Waals surface area (Å²) in [7, 11) is 0. The Morgan fingerprint density at radius 3 is 2.15 bits per heavy atom. The third kappa shape index (κ3) is 5.97. The molecule has 0 saturated carbocycles. The van der Waals surface area contributed by atoms with Crippen molar-refractivity contribution in [1.29, 1.82) is 0 Å². The lowest BCUT2D eigenvalue weighted by Crippen LogP contribution is -1.96. The standard InChI is InChI=1S/C16H22Cl2F2/c1-2-3-4-5-6-7-8-9-13(17)12-10-15(19)16(20)11-14(12)18/h10-11,13H,2-9H2,1H3. The van der Waals surface area contributed by atoms with Gasteiger partial charge in [-0.3, -0.25) is 0 Å². The number of hydrogen-bond donors (Lipinski definition) is 0. The van der Waals surface area contributed by atoms with Gasteiger partial charge < -0.3 is 0 Å². The summed E-state index contributed by atoms with van der Waals surface area (Å²) < 4.78 is 26.2. The first kappa shape index (κ1) is 17.7. The van der Waals surface area contributed by atoms with Crippen LogP contribution < -0.4 is 0 Å². The molecule has 0 radical (unpaired) electrons. The van der Waals surface area contributed by atoms with Crippen LogP contribution in [0.4, 0.5) is 8.78 Å². The van der Waals surface area contributed by atoms with Crippen molar-refractivity contribution in [1.82, 2.24) is 0 Å². The average molecular weight is 323 g/mol. The van der Waals surface area contributed by atoms with Crippen LogP contribution in [0.3, 0.4) is 0 Å². The van der Waals surface area contributed by atoms with E-state index in [2.05, 4.69) is 6.92 Å². The van der Waals surface area contributed by atoms with Crippen LogP contribution >= 0.6 is 23.2 Å². The predicted octanol–water partition coefficient (Wildman–Crippen LogP) is 7.04. The van der Waals surface area contributed by atoms with E-state index in [1.165, 1.54) is 32.1 Å². The molecule has 0 saturated heterocycles. The molecular formula is C16H22Cl2F2. The number of alkyl halides is 1. The number of benzene rings is 1. The van der Waals surface area contributed by atoms with E-state index in [4.69, 9.17) is 23.2 Å². The van der Waals surface area contributed by atoms with Crippen molar-refractivity contribution in [3.63, 3.8) is 0 Å². The summed E-state index contributed by atoms with van der Waals surface area (Å²) >= 11 is 12.1. The zero-order valence-corrected chi connectivity index (χ0v) is 13.4. The molecule has 1 unspecified atom stereocenters. The van der Waals surface area contributed by atoms with Crippen LogP contribution in [0.15, 0.2) is 12.1 Å². The van der Waals surface area contributed by atoms with Gasteiger partial charge in [-0.05, 0) is 24.1 Å². The van der Waals surface area contributed by atoms with Gasteiger partial charge in [0.05, 0.1) is 5.38 Å². The van der Waals surface area contributed by atoms with Crippen molar-refractivity contribution < 1.29 is 8.78 Å². The van der Waals surface area contributed by atoms with Gasteiger partial charge in [-0.1, -0.05) is 63.5 Å². The zero-order chi connectivity index (χ0) is 15.0. The summed E-state index contributed by atoms with van der Waals surface area (Å²) in [5.41, 5.74) is 0.484. The van der Waals surface area contributed by atoms with E-state index in [9.17, 15) is 8.78 Å². The lowest BCUT2D eigenvalue weighted by atomic mass is 10.0. The molecule has 0 aliphatic rings. The Bertz CT molecular complexity index is 408. The second kappa shape index (κ2) is 9.57. The highest BCUT2D eigenvalue weighted by Crippen LogP contribution is 2.33. The summed E-state index contributed by atoms with van der Waals surface area (Å²) in [6.45, 7) is 2.20. The highest BCUT2D eigenvalue weighted by molar-refractivity contribution is 6.32. The quantitative estimate of drug-likeness (QED) is 0.260. The highest BCUT2D eigenvalue weighted by atomic mass is 35.5. The molecule has 0 spiro atoms. The molecule has 1 atom stereocenters. The van der Waals surface area contributed by atoms with E-state index in [1.807, 2.05) is 0 Å². The fourth-order valence-electron chi connectivity index (χ4n) is 2.21. The molecule has 114 valence electrons. The van der Waals surface area contributed by atoms with Gasteiger partial charge in [0, 0.05) is 5.02 Å². The number of hydrogen-bond acceptors (Lipinski definition) is 0. The van der Waals surface area contributed by atoms with Gasteiger partial charge in [-0.15, -0.1) is 11.6 Å². The first-order chi connectivity index (χ1) is 9.56. The minimum Gasteiger partial charge on any atom is -0.204 e. The molecule has 0 heterocycles. The lowest BCUT2D eigenvalue weighted by molar-refractivity contribution is 0.506. The minimum absolute atomic E-state index is 0.201. The number of halogens is 4. The van der Waals surface area contributed by atoms with Gasteiger partial charge in [-0.25, -0.2) is 8.78 Å². The SMILES string of the molecule is CCCCCCCCCC(Cl)c1cc(F)c(F)cc1Cl. The Balaban J connectivity index is 2.32. The van der Waals surface area contributed by atoms with E-state index in [0.717, 1.165) is 31.4 Å². The molecule has 0 nitrogen and oxygen atoms in total.